The van der Waals surface area contributed by atoms with Crippen LogP contribution in [0.25, 0.3) is 11.1 Å². The van der Waals surface area contributed by atoms with Crippen molar-refractivity contribution in [2.24, 2.45) is 0 Å². The highest BCUT2D eigenvalue weighted by atomic mass is 32.1. The van der Waals surface area contributed by atoms with Gasteiger partial charge in [-0.15, -0.1) is 22.7 Å². The molecule has 2 heterocycles. The van der Waals surface area contributed by atoms with Crippen molar-refractivity contribution in [1.29, 1.82) is 0 Å². The van der Waals surface area contributed by atoms with Crippen LogP contribution < -0.4 is 10.6 Å². The normalized spacial score (nSPS) is 13.4. The summed E-state index contributed by atoms with van der Waals surface area (Å²) in [6.45, 7) is 8.08. The Kier molecular flexibility index (Phi) is 12.2. The fraction of sp³-hybridized carbons (Fsp3) is 0.556. The Labute approximate surface area is 227 Å². The van der Waals surface area contributed by atoms with E-state index in [4.69, 9.17) is 18.9 Å². The number of aryl methyl sites for hydroxylation is 2. The van der Waals surface area contributed by atoms with Gasteiger partial charge in [0, 0.05) is 37.1 Å². The fourth-order valence-electron chi connectivity index (χ4n) is 4.26. The van der Waals surface area contributed by atoms with Gasteiger partial charge in [-0.3, -0.25) is 9.59 Å². The predicted octanol–water partition coefficient (Wildman–Crippen LogP) is 4.31. The molecular weight excluding hydrogens is 512 g/mol. The lowest BCUT2D eigenvalue weighted by atomic mass is 9.97. The van der Waals surface area contributed by atoms with Gasteiger partial charge in [0.05, 0.1) is 49.4 Å². The van der Waals surface area contributed by atoms with Gasteiger partial charge in [0.2, 0.25) is 0 Å². The maximum absolute atomic E-state index is 12.7. The maximum atomic E-state index is 12.7. The molecule has 8 nitrogen and oxygen atoms in total. The van der Waals surface area contributed by atoms with Crippen molar-refractivity contribution in [3.8, 4) is 0 Å². The van der Waals surface area contributed by atoms with E-state index in [0.29, 0.717) is 62.5 Å². The molecule has 0 aromatic carbocycles. The molecule has 0 saturated heterocycles. The van der Waals surface area contributed by atoms with Gasteiger partial charge >= 0.3 is 0 Å². The molecule has 10 heteroatoms. The minimum absolute atomic E-state index is 0.0771. The van der Waals surface area contributed by atoms with Gasteiger partial charge < -0.3 is 29.6 Å². The zero-order chi connectivity index (χ0) is 26.6. The first kappa shape index (κ1) is 29.5. The summed E-state index contributed by atoms with van der Waals surface area (Å²) >= 11 is 3.04. The summed E-state index contributed by atoms with van der Waals surface area (Å²) in [5.74, 6) is -0.154. The summed E-state index contributed by atoms with van der Waals surface area (Å²) in [4.78, 5) is 29.1. The van der Waals surface area contributed by atoms with Crippen molar-refractivity contribution in [3.63, 3.8) is 0 Å². The number of ether oxygens (including phenoxy) is 4. The average Bonchev–Trinajstić information content (AvgIpc) is 3.61. The summed E-state index contributed by atoms with van der Waals surface area (Å²) in [7, 11) is 3.26. The average molecular weight is 551 g/mol. The van der Waals surface area contributed by atoms with Crippen LogP contribution in [-0.4, -0.2) is 78.8 Å². The number of hydrogen-bond donors (Lipinski definition) is 2. The highest BCUT2D eigenvalue weighted by Gasteiger charge is 2.25. The summed E-state index contributed by atoms with van der Waals surface area (Å²) in [6.07, 6.45) is 3.00. The molecule has 0 fully saturated rings. The van der Waals surface area contributed by atoms with Gasteiger partial charge in [0.1, 0.15) is 0 Å². The van der Waals surface area contributed by atoms with E-state index in [1.807, 2.05) is 12.1 Å². The molecule has 204 valence electrons. The molecule has 37 heavy (non-hydrogen) atoms. The molecule has 1 aliphatic rings. The van der Waals surface area contributed by atoms with Gasteiger partial charge in [-0.2, -0.15) is 0 Å². The van der Waals surface area contributed by atoms with Crippen LogP contribution in [0.4, 0.5) is 0 Å². The molecule has 0 bridgehead atoms. The third-order valence-electron chi connectivity index (χ3n) is 6.08. The van der Waals surface area contributed by atoms with Gasteiger partial charge in [0.25, 0.3) is 11.8 Å². The Morgan fingerprint density at radius 3 is 1.57 bits per heavy atom. The molecule has 0 saturated carbocycles. The molecular formula is C27H38N2O6S2. The molecule has 0 spiro atoms. The first-order valence-electron chi connectivity index (χ1n) is 12.6. The van der Waals surface area contributed by atoms with Crippen molar-refractivity contribution < 1.29 is 28.5 Å². The second kappa shape index (κ2) is 15.4. The van der Waals surface area contributed by atoms with E-state index in [0.717, 1.165) is 40.1 Å². The van der Waals surface area contributed by atoms with Crippen LogP contribution in [0.1, 0.15) is 59.5 Å². The van der Waals surface area contributed by atoms with Crippen molar-refractivity contribution >= 4 is 45.6 Å². The highest BCUT2D eigenvalue weighted by Crippen LogP contribution is 2.44. The van der Waals surface area contributed by atoms with Gasteiger partial charge in [-0.25, -0.2) is 0 Å². The zero-order valence-electron chi connectivity index (χ0n) is 22.2. The minimum Gasteiger partial charge on any atom is -0.382 e. The molecule has 2 aromatic rings. The molecule has 2 N–H and O–H groups in total. The highest BCUT2D eigenvalue weighted by molar-refractivity contribution is 7.14. The van der Waals surface area contributed by atoms with Gasteiger partial charge in [0.15, 0.2) is 0 Å². The Hall–Kier alpha value is -2.08. The maximum Gasteiger partial charge on any atom is 0.261 e. The molecule has 2 amide bonds. The molecule has 1 aliphatic carbocycles. The van der Waals surface area contributed by atoms with Crippen LogP contribution in [0.5, 0.6) is 0 Å². The van der Waals surface area contributed by atoms with Crippen molar-refractivity contribution in [2.45, 2.75) is 33.1 Å². The number of amides is 2. The van der Waals surface area contributed by atoms with Gasteiger partial charge in [-0.05, 0) is 67.5 Å². The number of carbonyl (C=O) groups excluding carboxylic acids is 2. The quantitative estimate of drug-likeness (QED) is 0.303. The Morgan fingerprint density at radius 2 is 1.16 bits per heavy atom. The first-order valence-corrected chi connectivity index (χ1v) is 14.2. The lowest BCUT2D eigenvalue weighted by Gasteiger charge is -2.08. The number of carbonyl (C=O) groups is 2. The third kappa shape index (κ3) is 8.46. The van der Waals surface area contributed by atoms with Crippen LogP contribution >= 0.6 is 22.7 Å². The Balaban J connectivity index is 1.65. The van der Waals surface area contributed by atoms with Gasteiger partial charge in [-0.1, -0.05) is 0 Å². The summed E-state index contributed by atoms with van der Waals surface area (Å²) in [6, 6.07) is 4.03. The van der Waals surface area contributed by atoms with E-state index in [9.17, 15) is 9.59 Å². The number of hydrogen-bond acceptors (Lipinski definition) is 8. The summed E-state index contributed by atoms with van der Waals surface area (Å²) in [5.41, 5.74) is 4.86. The van der Waals surface area contributed by atoms with Crippen LogP contribution in [0.3, 0.4) is 0 Å². The molecule has 2 aromatic heterocycles. The molecule has 3 rings (SSSR count). The number of thiophene rings is 2. The number of allylic oxidation sites excluding steroid dienone is 2. The molecule has 0 radical (unpaired) electrons. The van der Waals surface area contributed by atoms with E-state index in [2.05, 4.69) is 24.5 Å². The lowest BCUT2D eigenvalue weighted by Crippen LogP contribution is -2.27. The second-order valence-electron chi connectivity index (χ2n) is 8.69. The summed E-state index contributed by atoms with van der Waals surface area (Å²) < 4.78 is 20.8. The number of rotatable bonds is 16. The van der Waals surface area contributed by atoms with Crippen LogP contribution in [0, 0.1) is 13.8 Å². The standard InChI is InChI=1S/C27H38N2O6S2/c1-18-22(16-24(36-18)26(30)28-8-10-34-14-12-32-3)20-6-5-7-21(20)23-17-25(37-19(23)2)27(31)29-9-11-35-15-13-33-4/h16-17H,5-15H2,1-4H3,(H,28,30)(H,29,31). The minimum atomic E-state index is -0.0771. The predicted molar refractivity (Wildman–Crippen MR) is 149 cm³/mol. The number of methoxy groups -OCH3 is 2. The fourth-order valence-corrected chi connectivity index (χ4v) is 6.19. The lowest BCUT2D eigenvalue weighted by molar-refractivity contribution is 0.0693. The third-order valence-corrected chi connectivity index (χ3v) is 8.18. The number of nitrogens with one attached hydrogen (secondary N) is 2. The van der Waals surface area contributed by atoms with E-state index >= 15 is 0 Å². The Morgan fingerprint density at radius 1 is 0.730 bits per heavy atom. The summed E-state index contributed by atoms with van der Waals surface area (Å²) in [5, 5.41) is 5.87. The monoisotopic (exact) mass is 550 g/mol. The second-order valence-corrected chi connectivity index (χ2v) is 11.2. The van der Waals surface area contributed by atoms with E-state index < -0.39 is 0 Å². The zero-order valence-corrected chi connectivity index (χ0v) is 23.8. The van der Waals surface area contributed by atoms with Crippen LogP contribution in [0.2, 0.25) is 0 Å². The van der Waals surface area contributed by atoms with Crippen molar-refractivity contribution in [1.82, 2.24) is 10.6 Å². The SMILES string of the molecule is COCCOCCNC(=O)c1cc(C2=C(c3cc(C(=O)NCCOCCOC)sc3C)CCC2)c(C)s1. The van der Waals surface area contributed by atoms with Crippen LogP contribution in [-0.2, 0) is 18.9 Å². The molecule has 0 unspecified atom stereocenters. The van der Waals surface area contributed by atoms with Crippen LogP contribution in [0.15, 0.2) is 12.1 Å². The smallest absolute Gasteiger partial charge is 0.261 e. The molecule has 0 aliphatic heterocycles. The first-order chi connectivity index (χ1) is 18.0. The van der Waals surface area contributed by atoms with E-state index in [-0.39, 0.29) is 11.8 Å². The van der Waals surface area contributed by atoms with Crippen molar-refractivity contribution in [2.75, 3.05) is 67.0 Å². The van der Waals surface area contributed by atoms with E-state index in [1.54, 1.807) is 14.2 Å². The molecule has 0 atom stereocenters. The largest absolute Gasteiger partial charge is 0.382 e. The Bertz CT molecular complexity index is 993. The van der Waals surface area contributed by atoms with E-state index in [1.165, 1.54) is 33.8 Å². The topological polar surface area (TPSA) is 95.1 Å². The van der Waals surface area contributed by atoms with Crippen molar-refractivity contribution in [3.05, 3.63) is 42.8 Å².